The topological polar surface area (TPSA) is 141 Å². The summed E-state index contributed by atoms with van der Waals surface area (Å²) < 4.78 is 22.7. The Bertz CT molecular complexity index is 1340. The van der Waals surface area contributed by atoms with E-state index >= 15 is 0 Å². The molecule has 1 aliphatic rings. The highest BCUT2D eigenvalue weighted by Gasteiger charge is 2.46. The highest BCUT2D eigenvalue weighted by Crippen LogP contribution is 2.51. The number of likely N-dealkylation sites (N-methyl/N-ethyl adjacent to an activating group) is 1. The standard InChI is InChI=1S/C21H20BClNO8P/c1-24-7-6-12(21(22,10-24)32-33(28,29)30)18-14(25)8-15(26)19-16(27)9-17(31-20(18)19)11-4-2-3-5-13(11)23/h2-5,8-9,12,25-26H,6-7,10H2,1H3,(H2,28,29,30). The van der Waals surface area contributed by atoms with E-state index < -0.39 is 36.2 Å². The lowest BCUT2D eigenvalue weighted by molar-refractivity contribution is 0.0222. The van der Waals surface area contributed by atoms with Crippen LogP contribution in [0.4, 0.5) is 0 Å². The minimum absolute atomic E-state index is 0.00199. The van der Waals surface area contributed by atoms with Crippen molar-refractivity contribution in [2.75, 3.05) is 20.1 Å². The zero-order chi connectivity index (χ0) is 24.1. The molecule has 2 unspecified atom stereocenters. The molecule has 2 heterocycles. The fourth-order valence-corrected chi connectivity index (χ4v) is 5.22. The van der Waals surface area contributed by atoms with Crippen LogP contribution >= 0.6 is 19.4 Å². The van der Waals surface area contributed by atoms with E-state index in [2.05, 4.69) is 0 Å². The van der Waals surface area contributed by atoms with Gasteiger partial charge in [0.2, 0.25) is 0 Å². The maximum atomic E-state index is 13.0. The van der Waals surface area contributed by atoms with E-state index in [-0.39, 0.29) is 35.3 Å². The molecule has 0 bridgehead atoms. The summed E-state index contributed by atoms with van der Waals surface area (Å²) in [5.74, 6) is -1.89. The molecule has 33 heavy (non-hydrogen) atoms. The van der Waals surface area contributed by atoms with Crippen molar-refractivity contribution in [3.8, 4) is 22.8 Å². The van der Waals surface area contributed by atoms with E-state index in [1.807, 2.05) is 0 Å². The summed E-state index contributed by atoms with van der Waals surface area (Å²) in [5, 5.41) is 21.3. The van der Waals surface area contributed by atoms with E-state index in [1.165, 1.54) is 6.07 Å². The first-order valence-electron chi connectivity index (χ1n) is 9.91. The lowest BCUT2D eigenvalue weighted by atomic mass is 9.65. The van der Waals surface area contributed by atoms with E-state index in [0.29, 0.717) is 17.1 Å². The molecule has 9 nitrogen and oxygen atoms in total. The number of nitrogens with zero attached hydrogens (tertiary/aromatic N) is 1. The van der Waals surface area contributed by atoms with Crippen molar-refractivity contribution in [2.45, 2.75) is 17.8 Å². The molecule has 0 spiro atoms. The van der Waals surface area contributed by atoms with Crippen molar-refractivity contribution in [3.05, 3.63) is 57.2 Å². The Morgan fingerprint density at radius 2 is 1.94 bits per heavy atom. The number of benzene rings is 2. The first-order valence-corrected chi connectivity index (χ1v) is 11.8. The lowest BCUT2D eigenvalue weighted by Crippen LogP contribution is -2.53. The van der Waals surface area contributed by atoms with Gasteiger partial charge in [0, 0.05) is 35.7 Å². The SMILES string of the molecule is [B]C1(OP(=O)(O)O)CN(C)CCC1c1c(O)cc(O)c2c(=O)cc(-c3ccccc3Cl)oc12. The Hall–Kier alpha value is -2.33. The zero-order valence-electron chi connectivity index (χ0n) is 17.4. The number of fused-ring (bicyclic) bond motifs is 1. The summed E-state index contributed by atoms with van der Waals surface area (Å²) >= 11 is 6.25. The molecule has 2 atom stereocenters. The van der Waals surface area contributed by atoms with E-state index in [0.717, 1.165) is 6.07 Å². The second-order valence-electron chi connectivity index (χ2n) is 8.10. The Balaban J connectivity index is 2.01. The van der Waals surface area contributed by atoms with Crippen LogP contribution in [-0.2, 0) is 9.09 Å². The molecule has 3 aromatic rings. The number of phosphoric ester groups is 1. The average Bonchev–Trinajstić information content (AvgIpc) is 2.67. The van der Waals surface area contributed by atoms with Crippen LogP contribution in [0.25, 0.3) is 22.3 Å². The van der Waals surface area contributed by atoms with Crippen LogP contribution < -0.4 is 5.43 Å². The van der Waals surface area contributed by atoms with Crippen LogP contribution in [0.5, 0.6) is 11.5 Å². The van der Waals surface area contributed by atoms with Gasteiger partial charge in [-0.05, 0) is 32.1 Å². The molecule has 4 rings (SSSR count). The predicted octanol–water partition coefficient (Wildman–Crippen LogP) is 2.92. The second-order valence-corrected chi connectivity index (χ2v) is 9.67. The van der Waals surface area contributed by atoms with Gasteiger partial charge in [0.1, 0.15) is 36.1 Å². The number of rotatable bonds is 4. The molecule has 1 saturated heterocycles. The summed E-state index contributed by atoms with van der Waals surface area (Å²) in [7, 11) is 3.02. The van der Waals surface area contributed by atoms with E-state index in [1.54, 1.807) is 36.2 Å². The Morgan fingerprint density at radius 1 is 1.24 bits per heavy atom. The molecule has 4 N–H and O–H groups in total. The molecule has 172 valence electrons. The van der Waals surface area contributed by atoms with Crippen molar-refractivity contribution >= 4 is 38.2 Å². The number of phenols is 2. The molecular formula is C21H20BClNO8P. The number of hydrogen-bond acceptors (Lipinski definition) is 7. The molecule has 2 aromatic carbocycles. The van der Waals surface area contributed by atoms with Crippen LogP contribution in [0.15, 0.2) is 45.6 Å². The lowest BCUT2D eigenvalue weighted by Gasteiger charge is -2.45. The molecular weight excluding hydrogens is 471 g/mol. The third-order valence-electron chi connectivity index (χ3n) is 5.68. The largest absolute Gasteiger partial charge is 0.507 e. The first-order chi connectivity index (χ1) is 15.4. The van der Waals surface area contributed by atoms with Crippen molar-refractivity contribution < 1.29 is 33.5 Å². The molecule has 12 heteroatoms. The molecule has 1 aliphatic heterocycles. The first kappa shape index (κ1) is 23.8. The number of phosphoric acid groups is 1. The van der Waals surface area contributed by atoms with E-state index in [4.69, 9.17) is 28.4 Å². The Morgan fingerprint density at radius 3 is 2.61 bits per heavy atom. The third kappa shape index (κ3) is 4.55. The van der Waals surface area contributed by atoms with Gasteiger partial charge in [-0.2, -0.15) is 0 Å². The molecule has 0 saturated carbocycles. The van der Waals surface area contributed by atoms with Gasteiger partial charge in [-0.25, -0.2) is 4.57 Å². The maximum absolute atomic E-state index is 13.0. The molecule has 0 amide bonds. The van der Waals surface area contributed by atoms with Gasteiger partial charge in [-0.1, -0.05) is 23.7 Å². The Kier molecular flexibility index (Phi) is 6.11. The summed E-state index contributed by atoms with van der Waals surface area (Å²) in [5.41, 5.74) is -2.31. The minimum Gasteiger partial charge on any atom is -0.507 e. The molecule has 1 aromatic heterocycles. The van der Waals surface area contributed by atoms with Gasteiger partial charge >= 0.3 is 7.82 Å². The summed E-state index contributed by atoms with van der Waals surface area (Å²) in [6, 6.07) is 8.78. The number of halogens is 1. The fourth-order valence-electron chi connectivity index (χ4n) is 4.36. The number of phenolic OH excluding ortho intramolecular Hbond substituents is 2. The quantitative estimate of drug-likeness (QED) is 0.320. The van der Waals surface area contributed by atoms with Gasteiger partial charge in [0.15, 0.2) is 5.43 Å². The number of piperidine rings is 1. The van der Waals surface area contributed by atoms with Gasteiger partial charge in [0.25, 0.3) is 0 Å². The maximum Gasteiger partial charge on any atom is 0.469 e. The number of hydrogen-bond donors (Lipinski definition) is 4. The minimum atomic E-state index is -5.03. The number of likely N-dealkylation sites (tertiary alicyclic amines) is 1. The summed E-state index contributed by atoms with van der Waals surface area (Å²) in [6.45, 7) is 0.364. The summed E-state index contributed by atoms with van der Waals surface area (Å²) in [4.78, 5) is 33.6. The van der Waals surface area contributed by atoms with Crippen molar-refractivity contribution in [2.24, 2.45) is 0 Å². The average molecular weight is 492 g/mol. The van der Waals surface area contributed by atoms with Crippen molar-refractivity contribution in [1.82, 2.24) is 4.90 Å². The van der Waals surface area contributed by atoms with Crippen LogP contribution in [0, 0.1) is 0 Å². The van der Waals surface area contributed by atoms with Crippen LogP contribution in [0.1, 0.15) is 17.9 Å². The van der Waals surface area contributed by atoms with Gasteiger partial charge in [0.05, 0.1) is 10.5 Å². The third-order valence-corrected chi connectivity index (χ3v) is 6.59. The highest BCUT2D eigenvalue weighted by atomic mass is 35.5. The fraction of sp³-hybridized carbons (Fsp3) is 0.286. The van der Waals surface area contributed by atoms with Gasteiger partial charge in [-0.3, -0.25) is 9.32 Å². The highest BCUT2D eigenvalue weighted by molar-refractivity contribution is 7.46. The number of aromatic hydroxyl groups is 2. The van der Waals surface area contributed by atoms with Crippen molar-refractivity contribution in [3.63, 3.8) is 0 Å². The summed E-state index contributed by atoms with van der Waals surface area (Å²) in [6.07, 6.45) is 0.209. The molecule has 2 radical (unpaired) electrons. The second kappa shape index (κ2) is 8.47. The smallest absolute Gasteiger partial charge is 0.469 e. The zero-order valence-corrected chi connectivity index (χ0v) is 19.1. The van der Waals surface area contributed by atoms with Gasteiger partial charge in [-0.15, -0.1) is 0 Å². The van der Waals surface area contributed by atoms with Crippen LogP contribution in [0.2, 0.25) is 5.02 Å². The monoisotopic (exact) mass is 491 g/mol. The van der Waals surface area contributed by atoms with Crippen LogP contribution in [0.3, 0.4) is 0 Å². The van der Waals surface area contributed by atoms with E-state index in [9.17, 15) is 29.4 Å². The normalized spacial score (nSPS) is 22.0. The van der Waals surface area contributed by atoms with Gasteiger partial charge < -0.3 is 29.3 Å². The molecule has 0 aliphatic carbocycles. The predicted molar refractivity (Wildman–Crippen MR) is 123 cm³/mol. The van der Waals surface area contributed by atoms with Crippen molar-refractivity contribution in [1.29, 1.82) is 0 Å². The van der Waals surface area contributed by atoms with Crippen LogP contribution in [-0.4, -0.2) is 58.4 Å². The Labute approximate surface area is 194 Å². The molecule has 1 fully saturated rings.